The first kappa shape index (κ1) is 18.8. The molecule has 154 valence electrons. The number of nitrogens with one attached hydrogen (secondary N) is 1. The van der Waals surface area contributed by atoms with E-state index in [1.165, 1.54) is 0 Å². The molecule has 0 saturated heterocycles. The van der Waals surface area contributed by atoms with Crippen LogP contribution in [0, 0.1) is 0 Å². The van der Waals surface area contributed by atoms with Crippen molar-refractivity contribution >= 4 is 22.5 Å². The minimum Gasteiger partial charge on any atom is -0.350 e. The van der Waals surface area contributed by atoms with Gasteiger partial charge in [-0.25, -0.2) is 19.5 Å². The summed E-state index contributed by atoms with van der Waals surface area (Å²) < 4.78 is 31.1. The van der Waals surface area contributed by atoms with E-state index in [2.05, 4.69) is 36.2 Å². The number of anilines is 1. The summed E-state index contributed by atoms with van der Waals surface area (Å²) in [6.45, 7) is -2.71. The molecular weight excluding hydrogens is 390 g/mol. The molecule has 30 heavy (non-hydrogen) atoms. The second-order valence-corrected chi connectivity index (χ2v) is 7.43. The highest BCUT2D eigenvalue weighted by Gasteiger charge is 2.24. The van der Waals surface area contributed by atoms with Crippen molar-refractivity contribution < 1.29 is 13.5 Å². The summed E-state index contributed by atoms with van der Waals surface area (Å²) in [5, 5.41) is 8.84. The minimum atomic E-state index is -2.71. The van der Waals surface area contributed by atoms with Crippen LogP contribution in [0.2, 0.25) is 0 Å². The average Bonchev–Trinajstić information content (AvgIpc) is 3.18. The summed E-state index contributed by atoms with van der Waals surface area (Å²) in [5.41, 5.74) is 3.55. The van der Waals surface area contributed by atoms with Crippen molar-refractivity contribution in [3.8, 4) is 11.1 Å². The van der Waals surface area contributed by atoms with Crippen molar-refractivity contribution in [2.24, 2.45) is 0 Å². The fourth-order valence-electron chi connectivity index (χ4n) is 3.99. The van der Waals surface area contributed by atoms with E-state index in [4.69, 9.17) is 0 Å². The molecule has 0 unspecified atom stereocenters. The Morgan fingerprint density at radius 1 is 1.07 bits per heavy atom. The molecule has 4 aromatic rings. The van der Waals surface area contributed by atoms with Gasteiger partial charge in [0.2, 0.25) is 5.95 Å². The van der Waals surface area contributed by atoms with Crippen molar-refractivity contribution in [2.45, 2.75) is 44.4 Å². The molecule has 0 radical (unpaired) electrons. The normalized spacial score (nSPS) is 19.6. The van der Waals surface area contributed by atoms with Crippen molar-refractivity contribution in [3.63, 3.8) is 0 Å². The van der Waals surface area contributed by atoms with Gasteiger partial charge in [0.1, 0.15) is 0 Å². The number of nitrogens with zero attached hydrogens (tertiary/aromatic N) is 5. The molecule has 0 spiro atoms. The SMILES string of the molecule is FC(F)O[C@H]1CC[C@@H](Nc2ncc3c(-c4cnc5ncccc5c4)ccn3n2)CC1. The topological polar surface area (TPSA) is 77.2 Å². The lowest BCUT2D eigenvalue weighted by Crippen LogP contribution is -2.31. The molecule has 1 fully saturated rings. The third-order valence-electron chi connectivity index (χ3n) is 5.48. The lowest BCUT2D eigenvalue weighted by molar-refractivity contribution is -0.169. The fraction of sp³-hybridized carbons (Fsp3) is 0.333. The van der Waals surface area contributed by atoms with Gasteiger partial charge >= 0.3 is 6.61 Å². The van der Waals surface area contributed by atoms with Crippen molar-refractivity contribution in [1.29, 1.82) is 0 Å². The van der Waals surface area contributed by atoms with E-state index >= 15 is 0 Å². The fourth-order valence-corrected chi connectivity index (χ4v) is 3.99. The van der Waals surface area contributed by atoms with Crippen LogP contribution >= 0.6 is 0 Å². The molecule has 0 aliphatic heterocycles. The van der Waals surface area contributed by atoms with Crippen LogP contribution in [0.4, 0.5) is 14.7 Å². The molecule has 0 atom stereocenters. The molecule has 5 rings (SSSR count). The molecule has 4 heterocycles. The number of alkyl halides is 2. The zero-order chi connectivity index (χ0) is 20.5. The first-order chi connectivity index (χ1) is 14.7. The predicted molar refractivity (Wildman–Crippen MR) is 108 cm³/mol. The van der Waals surface area contributed by atoms with E-state index in [1.807, 2.05) is 24.4 Å². The van der Waals surface area contributed by atoms with Gasteiger partial charge in [0.25, 0.3) is 0 Å². The first-order valence-electron chi connectivity index (χ1n) is 9.91. The summed E-state index contributed by atoms with van der Waals surface area (Å²) in [6.07, 6.45) is 9.51. The maximum atomic E-state index is 12.3. The lowest BCUT2D eigenvalue weighted by atomic mass is 9.93. The zero-order valence-corrected chi connectivity index (χ0v) is 16.1. The van der Waals surface area contributed by atoms with Gasteiger partial charge in [-0.05, 0) is 49.9 Å². The number of halogens is 2. The van der Waals surface area contributed by atoms with Crippen LogP contribution in [0.3, 0.4) is 0 Å². The molecule has 1 aliphatic rings. The van der Waals surface area contributed by atoms with Crippen LogP contribution in [0.15, 0.2) is 49.1 Å². The van der Waals surface area contributed by atoms with Gasteiger partial charge in [-0.2, -0.15) is 8.78 Å². The highest BCUT2D eigenvalue weighted by Crippen LogP contribution is 2.28. The molecule has 0 bridgehead atoms. The molecule has 1 saturated carbocycles. The number of rotatable bonds is 5. The van der Waals surface area contributed by atoms with Crippen molar-refractivity contribution in [2.75, 3.05) is 5.32 Å². The van der Waals surface area contributed by atoms with E-state index in [0.717, 1.165) is 34.9 Å². The van der Waals surface area contributed by atoms with Gasteiger partial charge in [-0.3, -0.25) is 0 Å². The van der Waals surface area contributed by atoms with Crippen molar-refractivity contribution in [1.82, 2.24) is 24.6 Å². The molecule has 9 heteroatoms. The maximum Gasteiger partial charge on any atom is 0.345 e. The summed E-state index contributed by atoms with van der Waals surface area (Å²) >= 11 is 0. The number of aromatic nitrogens is 5. The van der Waals surface area contributed by atoms with Gasteiger partial charge in [0.05, 0.1) is 17.8 Å². The van der Waals surface area contributed by atoms with Gasteiger partial charge in [0, 0.05) is 41.1 Å². The van der Waals surface area contributed by atoms with Crippen LogP contribution < -0.4 is 5.32 Å². The Bertz CT molecular complexity index is 1170. The highest BCUT2D eigenvalue weighted by atomic mass is 19.3. The number of pyridine rings is 2. The quantitative estimate of drug-likeness (QED) is 0.529. The maximum absolute atomic E-state index is 12.3. The summed E-state index contributed by atoms with van der Waals surface area (Å²) in [7, 11) is 0. The smallest absolute Gasteiger partial charge is 0.345 e. The van der Waals surface area contributed by atoms with E-state index in [0.29, 0.717) is 24.4 Å². The van der Waals surface area contributed by atoms with Crippen LogP contribution in [0.25, 0.3) is 27.7 Å². The predicted octanol–water partition coefficient (Wildman–Crippen LogP) is 4.30. The molecule has 1 N–H and O–H groups in total. The van der Waals surface area contributed by atoms with Crippen LogP contribution in [0.1, 0.15) is 25.7 Å². The third-order valence-corrected chi connectivity index (χ3v) is 5.48. The van der Waals surface area contributed by atoms with Crippen LogP contribution in [-0.2, 0) is 4.74 Å². The Hall–Kier alpha value is -3.20. The first-order valence-corrected chi connectivity index (χ1v) is 9.91. The van der Waals surface area contributed by atoms with Gasteiger partial charge < -0.3 is 10.1 Å². The van der Waals surface area contributed by atoms with E-state index < -0.39 is 6.61 Å². The number of fused-ring (bicyclic) bond motifs is 2. The highest BCUT2D eigenvalue weighted by molar-refractivity contribution is 5.86. The summed E-state index contributed by atoms with van der Waals surface area (Å²) in [5.74, 6) is 0.517. The Morgan fingerprint density at radius 3 is 2.77 bits per heavy atom. The van der Waals surface area contributed by atoms with Crippen LogP contribution in [-0.4, -0.2) is 43.3 Å². The second-order valence-electron chi connectivity index (χ2n) is 7.43. The largest absolute Gasteiger partial charge is 0.350 e. The number of hydrogen-bond acceptors (Lipinski definition) is 6. The van der Waals surface area contributed by atoms with Crippen LogP contribution in [0.5, 0.6) is 0 Å². The zero-order valence-electron chi connectivity index (χ0n) is 16.1. The third kappa shape index (κ3) is 3.80. The van der Waals surface area contributed by atoms with E-state index in [-0.39, 0.29) is 12.1 Å². The van der Waals surface area contributed by atoms with E-state index in [9.17, 15) is 8.78 Å². The van der Waals surface area contributed by atoms with Gasteiger partial charge in [-0.1, -0.05) is 0 Å². The molecular formula is C21H20F2N6O. The van der Waals surface area contributed by atoms with Gasteiger partial charge in [-0.15, -0.1) is 5.10 Å². The molecule has 4 aromatic heterocycles. The molecule has 1 aliphatic carbocycles. The summed E-state index contributed by atoms with van der Waals surface area (Å²) in [6, 6.07) is 8.06. The van der Waals surface area contributed by atoms with Gasteiger partial charge in [0.15, 0.2) is 5.65 Å². The standard InChI is InChI=1S/C21H20F2N6O/c22-20(23)30-16-5-3-15(4-6-16)27-21-26-12-18-17(7-9-29(18)28-21)14-10-13-2-1-8-24-19(13)25-11-14/h1-2,7-12,15-16,20H,3-6H2,(H,27,28)/t15-,16+. The lowest BCUT2D eigenvalue weighted by Gasteiger charge is -2.28. The monoisotopic (exact) mass is 410 g/mol. The molecule has 7 nitrogen and oxygen atoms in total. The molecule has 0 aromatic carbocycles. The molecule has 0 amide bonds. The van der Waals surface area contributed by atoms with E-state index in [1.54, 1.807) is 23.1 Å². The Morgan fingerprint density at radius 2 is 1.93 bits per heavy atom. The summed E-state index contributed by atoms with van der Waals surface area (Å²) in [4.78, 5) is 13.2. The minimum absolute atomic E-state index is 0.146. The number of ether oxygens (including phenoxy) is 1. The number of hydrogen-bond donors (Lipinski definition) is 1. The Balaban J connectivity index is 1.33. The second kappa shape index (κ2) is 7.91. The average molecular weight is 410 g/mol. The van der Waals surface area contributed by atoms with Crippen molar-refractivity contribution in [3.05, 3.63) is 49.1 Å². The Kier molecular flexibility index (Phi) is 4.96. The Labute approximate surface area is 171 Å².